The van der Waals surface area contributed by atoms with E-state index in [2.05, 4.69) is 20.4 Å². The summed E-state index contributed by atoms with van der Waals surface area (Å²) >= 11 is 0. The molecule has 7 nitrogen and oxygen atoms in total. The van der Waals surface area contributed by atoms with E-state index in [1.54, 1.807) is 41.6 Å². The van der Waals surface area contributed by atoms with Crippen molar-refractivity contribution in [3.63, 3.8) is 0 Å². The molecule has 0 aliphatic rings. The minimum Gasteiger partial charge on any atom is -0.396 e. The molecule has 0 saturated heterocycles. The summed E-state index contributed by atoms with van der Waals surface area (Å²) in [7, 11) is 0. The van der Waals surface area contributed by atoms with Crippen molar-refractivity contribution in [3.05, 3.63) is 48.5 Å². The van der Waals surface area contributed by atoms with Gasteiger partial charge in [-0.25, -0.2) is 0 Å². The molecule has 0 unspecified atom stereocenters. The van der Waals surface area contributed by atoms with Gasteiger partial charge < -0.3 is 11.1 Å². The second-order valence-electron chi connectivity index (χ2n) is 4.52. The van der Waals surface area contributed by atoms with Crippen LogP contribution in [-0.2, 0) is 6.54 Å². The molecule has 0 atom stereocenters. The number of nitrogen functional groups attached to an aromatic ring is 1. The molecule has 3 rings (SSSR count). The van der Waals surface area contributed by atoms with Crippen LogP contribution in [0.1, 0.15) is 10.4 Å². The van der Waals surface area contributed by atoms with Crippen LogP contribution < -0.4 is 11.1 Å². The number of nitrogens with one attached hydrogen (secondary N) is 1. The quantitative estimate of drug-likeness (QED) is 0.738. The maximum Gasteiger partial charge on any atom is 0.253 e. The minimum atomic E-state index is -0.179. The molecule has 1 amide bonds. The highest BCUT2D eigenvalue weighted by Gasteiger charge is 2.10. The Morgan fingerprint density at radius 1 is 1.29 bits per heavy atom. The lowest BCUT2D eigenvalue weighted by atomic mass is 10.1. The lowest BCUT2D eigenvalue weighted by Crippen LogP contribution is -2.27. The SMILES string of the molecule is Nc1cnn(CCNC(=O)c2cccc3nccnc23)c1. The maximum atomic E-state index is 12.2. The molecular formula is C14H14N6O. The van der Waals surface area contributed by atoms with Crippen molar-refractivity contribution in [3.8, 4) is 0 Å². The smallest absolute Gasteiger partial charge is 0.253 e. The van der Waals surface area contributed by atoms with Crippen LogP contribution in [0.3, 0.4) is 0 Å². The van der Waals surface area contributed by atoms with E-state index >= 15 is 0 Å². The largest absolute Gasteiger partial charge is 0.396 e. The summed E-state index contributed by atoms with van der Waals surface area (Å²) in [4.78, 5) is 20.6. The summed E-state index contributed by atoms with van der Waals surface area (Å²) in [6.45, 7) is 1.01. The highest BCUT2D eigenvalue weighted by molar-refractivity contribution is 6.04. The van der Waals surface area contributed by atoms with Gasteiger partial charge in [0, 0.05) is 25.1 Å². The second kappa shape index (κ2) is 5.58. The van der Waals surface area contributed by atoms with Crippen LogP contribution in [0.2, 0.25) is 0 Å². The molecule has 0 aliphatic carbocycles. The number of nitrogens with two attached hydrogens (primary N) is 1. The van der Waals surface area contributed by atoms with Gasteiger partial charge >= 0.3 is 0 Å². The molecule has 3 N–H and O–H groups in total. The molecule has 7 heteroatoms. The average Bonchev–Trinajstić information content (AvgIpc) is 2.92. The number of nitrogens with zero attached hydrogens (tertiary/aromatic N) is 4. The Labute approximate surface area is 120 Å². The van der Waals surface area contributed by atoms with Gasteiger partial charge in [-0.3, -0.25) is 19.4 Å². The number of fused-ring (bicyclic) bond motifs is 1. The summed E-state index contributed by atoms with van der Waals surface area (Å²) in [5.74, 6) is -0.179. The molecule has 106 valence electrons. The van der Waals surface area contributed by atoms with Crippen LogP contribution in [0.25, 0.3) is 11.0 Å². The predicted octanol–water partition coefficient (Wildman–Crippen LogP) is 0.838. The maximum absolute atomic E-state index is 12.2. The highest BCUT2D eigenvalue weighted by Crippen LogP contribution is 2.13. The Morgan fingerprint density at radius 2 is 2.14 bits per heavy atom. The number of amides is 1. The molecule has 1 aromatic carbocycles. The molecule has 0 bridgehead atoms. The van der Waals surface area contributed by atoms with Crippen molar-refractivity contribution in [2.24, 2.45) is 0 Å². The van der Waals surface area contributed by atoms with Crippen LogP contribution in [0.15, 0.2) is 43.0 Å². The van der Waals surface area contributed by atoms with Crippen molar-refractivity contribution in [1.82, 2.24) is 25.1 Å². The van der Waals surface area contributed by atoms with E-state index in [9.17, 15) is 4.79 Å². The van der Waals surface area contributed by atoms with E-state index in [-0.39, 0.29) is 5.91 Å². The van der Waals surface area contributed by atoms with Gasteiger partial charge in [-0.2, -0.15) is 5.10 Å². The first-order valence-corrected chi connectivity index (χ1v) is 6.50. The molecule has 21 heavy (non-hydrogen) atoms. The summed E-state index contributed by atoms with van der Waals surface area (Å²) in [6.07, 6.45) is 6.47. The lowest BCUT2D eigenvalue weighted by molar-refractivity contribution is 0.0953. The monoisotopic (exact) mass is 282 g/mol. The first-order chi connectivity index (χ1) is 10.2. The lowest BCUT2D eigenvalue weighted by Gasteiger charge is -2.07. The van der Waals surface area contributed by atoms with E-state index in [0.717, 1.165) is 0 Å². The molecule has 0 saturated carbocycles. The van der Waals surface area contributed by atoms with Gasteiger partial charge in [0.2, 0.25) is 0 Å². The van der Waals surface area contributed by atoms with Gasteiger partial charge in [0.25, 0.3) is 5.91 Å². The van der Waals surface area contributed by atoms with Crippen molar-refractivity contribution < 1.29 is 4.79 Å². The zero-order valence-corrected chi connectivity index (χ0v) is 11.2. The molecule has 0 spiro atoms. The summed E-state index contributed by atoms with van der Waals surface area (Å²) in [6, 6.07) is 5.35. The number of rotatable bonds is 4. The zero-order chi connectivity index (χ0) is 14.7. The zero-order valence-electron chi connectivity index (χ0n) is 11.2. The molecule has 0 fully saturated rings. The van der Waals surface area contributed by atoms with Crippen LogP contribution in [0.5, 0.6) is 0 Å². The normalized spacial score (nSPS) is 10.7. The molecular weight excluding hydrogens is 268 g/mol. The Bertz CT molecular complexity index is 776. The molecule has 0 aliphatic heterocycles. The van der Waals surface area contributed by atoms with Gasteiger partial charge in [-0.1, -0.05) is 6.07 Å². The first-order valence-electron chi connectivity index (χ1n) is 6.50. The van der Waals surface area contributed by atoms with Crippen LogP contribution in [0, 0.1) is 0 Å². The van der Waals surface area contributed by atoms with E-state index in [4.69, 9.17) is 5.73 Å². The van der Waals surface area contributed by atoms with Gasteiger partial charge in [-0.15, -0.1) is 0 Å². The fourth-order valence-corrected chi connectivity index (χ4v) is 2.06. The molecule has 0 radical (unpaired) electrons. The average molecular weight is 282 g/mol. The minimum absolute atomic E-state index is 0.179. The third-order valence-corrected chi connectivity index (χ3v) is 3.02. The number of hydrogen-bond acceptors (Lipinski definition) is 5. The Balaban J connectivity index is 1.69. The van der Waals surface area contributed by atoms with Crippen molar-refractivity contribution in [2.75, 3.05) is 12.3 Å². The highest BCUT2D eigenvalue weighted by atomic mass is 16.1. The summed E-state index contributed by atoms with van der Waals surface area (Å²) < 4.78 is 1.68. The van der Waals surface area contributed by atoms with E-state index in [1.165, 1.54) is 0 Å². The van der Waals surface area contributed by atoms with Crippen molar-refractivity contribution >= 4 is 22.6 Å². The van der Waals surface area contributed by atoms with Gasteiger partial charge in [0.1, 0.15) is 5.52 Å². The second-order valence-corrected chi connectivity index (χ2v) is 4.52. The third-order valence-electron chi connectivity index (χ3n) is 3.02. The Morgan fingerprint density at radius 3 is 2.95 bits per heavy atom. The Hall–Kier alpha value is -2.96. The fourth-order valence-electron chi connectivity index (χ4n) is 2.06. The van der Waals surface area contributed by atoms with E-state index in [0.29, 0.717) is 35.4 Å². The Kier molecular flexibility index (Phi) is 3.46. The number of anilines is 1. The van der Waals surface area contributed by atoms with Gasteiger partial charge in [0.05, 0.1) is 29.5 Å². The topological polar surface area (TPSA) is 98.7 Å². The van der Waals surface area contributed by atoms with Crippen molar-refractivity contribution in [1.29, 1.82) is 0 Å². The third kappa shape index (κ3) is 2.81. The van der Waals surface area contributed by atoms with Crippen LogP contribution in [0.4, 0.5) is 5.69 Å². The standard InChI is InChI=1S/C14H14N6O/c15-10-8-19-20(9-10)7-6-18-14(21)11-2-1-3-12-13(11)17-5-4-16-12/h1-5,8-9H,6-7,15H2,(H,18,21). The molecule has 2 heterocycles. The molecule has 2 aromatic heterocycles. The first kappa shape index (κ1) is 13.0. The van der Waals surface area contributed by atoms with Gasteiger partial charge in [-0.05, 0) is 12.1 Å². The van der Waals surface area contributed by atoms with Gasteiger partial charge in [0.15, 0.2) is 0 Å². The predicted molar refractivity (Wildman–Crippen MR) is 78.5 cm³/mol. The fraction of sp³-hybridized carbons (Fsp3) is 0.143. The van der Waals surface area contributed by atoms with Crippen LogP contribution >= 0.6 is 0 Å². The van der Waals surface area contributed by atoms with E-state index < -0.39 is 0 Å². The number of carbonyl (C=O) groups is 1. The number of carbonyl (C=O) groups excluding carboxylic acids is 1. The number of para-hydroxylation sites is 1. The number of aromatic nitrogens is 4. The van der Waals surface area contributed by atoms with Crippen molar-refractivity contribution in [2.45, 2.75) is 6.54 Å². The summed E-state index contributed by atoms with van der Waals surface area (Å²) in [5.41, 5.74) is 7.99. The molecule has 3 aromatic rings. The van der Waals surface area contributed by atoms with Crippen LogP contribution in [-0.4, -0.2) is 32.2 Å². The van der Waals surface area contributed by atoms with E-state index in [1.807, 2.05) is 6.07 Å². The number of hydrogen-bond donors (Lipinski definition) is 2. The number of benzene rings is 1. The summed E-state index contributed by atoms with van der Waals surface area (Å²) in [5, 5.41) is 6.89.